The lowest BCUT2D eigenvalue weighted by Crippen LogP contribution is -2.48. The molecule has 1 saturated heterocycles. The number of amides is 1. The second-order valence-corrected chi connectivity index (χ2v) is 12.7. The Labute approximate surface area is 247 Å². The first-order valence-electron chi connectivity index (χ1n) is 14.5. The van der Waals surface area contributed by atoms with Crippen molar-refractivity contribution in [3.8, 4) is 16.9 Å². The molecule has 2 fully saturated rings. The summed E-state index contributed by atoms with van der Waals surface area (Å²) < 4.78 is 5.82. The van der Waals surface area contributed by atoms with Crippen LogP contribution in [0.1, 0.15) is 74.0 Å². The van der Waals surface area contributed by atoms with E-state index in [1.54, 1.807) is 30.3 Å². The fraction of sp³-hybridized carbons (Fsp3) is 0.412. The van der Waals surface area contributed by atoms with Crippen LogP contribution in [0.2, 0.25) is 5.02 Å². The van der Waals surface area contributed by atoms with E-state index in [0.717, 1.165) is 49.9 Å². The van der Waals surface area contributed by atoms with Crippen LogP contribution in [0.25, 0.3) is 11.1 Å². The Balaban J connectivity index is 1.28. The Bertz CT molecular complexity index is 1370. The number of benzene rings is 3. The smallest absolute Gasteiger partial charge is 0.292 e. The Morgan fingerprint density at radius 1 is 0.976 bits per heavy atom. The first kappa shape index (κ1) is 29.3. The number of rotatable bonds is 10. The number of hydrogen-bond donors (Lipinski definition) is 2. The molecule has 2 atom stereocenters. The van der Waals surface area contributed by atoms with Crippen molar-refractivity contribution in [1.82, 2.24) is 10.2 Å². The number of aliphatic hydroxyl groups is 1. The van der Waals surface area contributed by atoms with E-state index >= 15 is 0 Å². The monoisotopic (exact) mass is 574 g/mol. The van der Waals surface area contributed by atoms with Crippen LogP contribution < -0.4 is 10.1 Å². The van der Waals surface area contributed by atoms with E-state index in [0.29, 0.717) is 28.4 Å². The van der Waals surface area contributed by atoms with Gasteiger partial charge in [-0.3, -0.25) is 9.59 Å². The van der Waals surface area contributed by atoms with E-state index in [-0.39, 0.29) is 11.5 Å². The molecular weight excluding hydrogens is 536 g/mol. The Morgan fingerprint density at radius 3 is 2.15 bits per heavy atom. The number of ketones is 1. The van der Waals surface area contributed by atoms with Crippen LogP contribution in [-0.4, -0.2) is 53.5 Å². The summed E-state index contributed by atoms with van der Waals surface area (Å²) in [6.45, 7) is 8.75. The minimum absolute atomic E-state index is 0.0720. The van der Waals surface area contributed by atoms with Gasteiger partial charge in [0.1, 0.15) is 11.9 Å². The SMILES string of the molecule is CC(C)(C)c1ccc(-c2ccc(C(=O)C(=O)NC(CN3CCCC3)C(O)c3ccc(OC4CC4)c(Cl)c3)cc2)cc1. The zero-order valence-electron chi connectivity index (χ0n) is 24.0. The molecule has 2 aliphatic rings. The molecule has 216 valence electrons. The van der Waals surface area contributed by atoms with Gasteiger partial charge in [0.05, 0.1) is 17.2 Å². The lowest BCUT2D eigenvalue weighted by molar-refractivity contribution is -0.118. The van der Waals surface area contributed by atoms with Gasteiger partial charge in [0.15, 0.2) is 0 Å². The third-order valence-corrected chi connectivity index (χ3v) is 8.20. The van der Waals surface area contributed by atoms with Crippen molar-refractivity contribution >= 4 is 23.3 Å². The maximum Gasteiger partial charge on any atom is 0.292 e. The molecule has 1 amide bonds. The van der Waals surface area contributed by atoms with E-state index in [4.69, 9.17) is 16.3 Å². The number of halogens is 1. The Hall–Kier alpha value is -3.19. The lowest BCUT2D eigenvalue weighted by Gasteiger charge is -2.28. The number of ether oxygens (including phenoxy) is 1. The Morgan fingerprint density at radius 2 is 1.59 bits per heavy atom. The van der Waals surface area contributed by atoms with Crippen molar-refractivity contribution in [2.24, 2.45) is 0 Å². The molecule has 6 nitrogen and oxygen atoms in total. The van der Waals surface area contributed by atoms with Crippen molar-refractivity contribution in [3.63, 3.8) is 0 Å². The fourth-order valence-electron chi connectivity index (χ4n) is 5.20. The van der Waals surface area contributed by atoms with Gasteiger partial charge in [0.25, 0.3) is 5.91 Å². The van der Waals surface area contributed by atoms with Crippen molar-refractivity contribution in [2.75, 3.05) is 19.6 Å². The average molecular weight is 575 g/mol. The summed E-state index contributed by atoms with van der Waals surface area (Å²) in [7, 11) is 0. The van der Waals surface area contributed by atoms with Gasteiger partial charge >= 0.3 is 0 Å². The highest BCUT2D eigenvalue weighted by Gasteiger charge is 2.30. The van der Waals surface area contributed by atoms with Crippen LogP contribution in [0.3, 0.4) is 0 Å². The lowest BCUT2D eigenvalue weighted by atomic mass is 9.86. The zero-order chi connectivity index (χ0) is 29.1. The van der Waals surface area contributed by atoms with Crippen molar-refractivity contribution in [3.05, 3.63) is 88.4 Å². The summed E-state index contributed by atoms with van der Waals surface area (Å²) in [6, 6.07) is 20.0. The van der Waals surface area contributed by atoms with Crippen LogP contribution >= 0.6 is 11.6 Å². The summed E-state index contributed by atoms with van der Waals surface area (Å²) in [5, 5.41) is 14.6. The maximum absolute atomic E-state index is 13.2. The minimum atomic E-state index is -1.04. The number of carbonyl (C=O) groups excluding carboxylic acids is 2. The molecule has 1 saturated carbocycles. The van der Waals surface area contributed by atoms with Crippen molar-refractivity contribution in [1.29, 1.82) is 0 Å². The van der Waals surface area contributed by atoms with Gasteiger partial charge in [0, 0.05) is 12.1 Å². The number of Topliss-reactive ketones (excluding diaryl/α,β-unsaturated/α-hetero) is 1. The third kappa shape index (κ3) is 7.37. The number of carbonyl (C=O) groups is 2. The molecule has 1 aliphatic heterocycles. The van der Waals surface area contributed by atoms with E-state index < -0.39 is 23.8 Å². The normalized spacial score (nSPS) is 17.2. The number of nitrogens with zero attached hydrogens (tertiary/aromatic N) is 1. The van der Waals surface area contributed by atoms with Crippen LogP contribution in [0, 0.1) is 0 Å². The molecule has 2 unspecified atom stereocenters. The van der Waals surface area contributed by atoms with Crippen molar-refractivity contribution in [2.45, 2.75) is 70.1 Å². The predicted molar refractivity (Wildman–Crippen MR) is 163 cm³/mol. The quantitative estimate of drug-likeness (QED) is 0.218. The number of aliphatic hydroxyl groups excluding tert-OH is 1. The molecule has 1 heterocycles. The number of nitrogens with one attached hydrogen (secondary N) is 1. The van der Waals surface area contributed by atoms with Gasteiger partial charge in [-0.05, 0) is 78.6 Å². The summed E-state index contributed by atoms with van der Waals surface area (Å²) in [6.07, 6.45) is 3.34. The van der Waals surface area contributed by atoms with E-state index in [1.165, 1.54) is 5.56 Å². The molecule has 0 aromatic heterocycles. The standard InChI is InChI=1S/C34H39ClN2O4/c1-34(2,3)26-13-10-23(11-14-26)22-6-8-24(9-7-22)32(39)33(40)36-29(21-37-18-4-5-19-37)31(38)25-12-17-30(28(35)20-25)41-27-15-16-27/h6-14,17,20,27,29,31,38H,4-5,15-16,18-19,21H2,1-3H3,(H,36,40). The molecule has 0 spiro atoms. The van der Waals surface area contributed by atoms with Crippen LogP contribution in [-0.2, 0) is 10.2 Å². The van der Waals surface area contributed by atoms with Gasteiger partial charge in [-0.1, -0.05) is 87.0 Å². The number of hydrogen-bond acceptors (Lipinski definition) is 5. The van der Waals surface area contributed by atoms with Crippen molar-refractivity contribution < 1.29 is 19.4 Å². The first-order valence-corrected chi connectivity index (χ1v) is 14.9. The van der Waals surface area contributed by atoms with Gasteiger partial charge in [-0.25, -0.2) is 0 Å². The largest absolute Gasteiger partial charge is 0.489 e. The molecule has 0 radical (unpaired) electrons. The van der Waals surface area contributed by atoms with Gasteiger partial charge in [-0.15, -0.1) is 0 Å². The van der Waals surface area contributed by atoms with E-state index in [9.17, 15) is 14.7 Å². The van der Waals surface area contributed by atoms with Gasteiger partial charge in [0.2, 0.25) is 5.78 Å². The molecule has 7 heteroatoms. The molecule has 41 heavy (non-hydrogen) atoms. The highest BCUT2D eigenvalue weighted by atomic mass is 35.5. The molecule has 0 bridgehead atoms. The van der Waals surface area contributed by atoms with Crippen LogP contribution in [0.15, 0.2) is 66.7 Å². The summed E-state index contributed by atoms with van der Waals surface area (Å²) in [4.78, 5) is 28.5. The molecule has 5 rings (SSSR count). The average Bonchev–Trinajstić information content (AvgIpc) is 3.64. The Kier molecular flexibility index (Phi) is 8.83. The first-order chi connectivity index (χ1) is 19.6. The fourth-order valence-corrected chi connectivity index (χ4v) is 5.44. The predicted octanol–water partition coefficient (Wildman–Crippen LogP) is 6.34. The zero-order valence-corrected chi connectivity index (χ0v) is 24.8. The molecule has 1 aliphatic carbocycles. The second kappa shape index (κ2) is 12.4. The van der Waals surface area contributed by atoms with Crippen LogP contribution in [0.5, 0.6) is 5.75 Å². The molecule has 3 aromatic carbocycles. The summed E-state index contributed by atoms with van der Waals surface area (Å²) in [5.74, 6) is -0.784. The van der Waals surface area contributed by atoms with Gasteiger partial charge < -0.3 is 20.1 Å². The molecule has 2 N–H and O–H groups in total. The minimum Gasteiger partial charge on any atom is -0.489 e. The number of likely N-dealkylation sites (tertiary alicyclic amines) is 1. The van der Waals surface area contributed by atoms with E-state index in [1.807, 2.05) is 12.1 Å². The second-order valence-electron chi connectivity index (χ2n) is 12.3. The maximum atomic E-state index is 13.2. The third-order valence-electron chi connectivity index (χ3n) is 7.90. The molecular formula is C34H39ClN2O4. The highest BCUT2D eigenvalue weighted by molar-refractivity contribution is 6.42. The van der Waals surface area contributed by atoms with Crippen LogP contribution in [0.4, 0.5) is 0 Å². The topological polar surface area (TPSA) is 78.9 Å². The van der Waals surface area contributed by atoms with Gasteiger partial charge in [-0.2, -0.15) is 0 Å². The molecule has 3 aromatic rings. The highest BCUT2D eigenvalue weighted by Crippen LogP contribution is 2.34. The summed E-state index contributed by atoms with van der Waals surface area (Å²) in [5.41, 5.74) is 4.20. The summed E-state index contributed by atoms with van der Waals surface area (Å²) >= 11 is 6.45. The van der Waals surface area contributed by atoms with E-state index in [2.05, 4.69) is 55.3 Å².